The smallest absolute Gasteiger partial charge is 0.251 e. The average molecular weight is 423 g/mol. The SMILES string of the molecule is CN=C(C)Nc1cc(C(=O)NC2CC2)ccc1C.Nc1ccnn1-c1ccccc1F. The number of nitrogen functional groups attached to an aromatic ring is 1. The minimum atomic E-state index is -0.335. The Labute approximate surface area is 181 Å². The molecule has 1 aromatic heterocycles. The molecular weight excluding hydrogens is 395 g/mol. The van der Waals surface area contributed by atoms with Gasteiger partial charge in [0.1, 0.15) is 17.3 Å². The number of aromatic nitrogens is 2. The summed E-state index contributed by atoms with van der Waals surface area (Å²) in [5.41, 5.74) is 8.66. The molecule has 8 heteroatoms. The van der Waals surface area contributed by atoms with Gasteiger partial charge >= 0.3 is 0 Å². The molecular formula is C23H27FN6O. The summed E-state index contributed by atoms with van der Waals surface area (Å²) in [5.74, 6) is 0.924. The highest BCUT2D eigenvalue weighted by Crippen LogP contribution is 2.21. The van der Waals surface area contributed by atoms with Gasteiger partial charge in [0.15, 0.2) is 0 Å². The maximum Gasteiger partial charge on any atom is 0.251 e. The molecule has 0 spiro atoms. The van der Waals surface area contributed by atoms with E-state index in [-0.39, 0.29) is 11.7 Å². The standard InChI is InChI=1S/C14H19N3O.C9H8FN3/c1-9-4-5-11(14(18)17-12-6-7-12)8-13(9)16-10(2)15-3;10-7-3-1-2-4-8(7)13-9(11)5-6-12-13/h4-5,8,12H,6-7H2,1-3H3,(H,15,16)(H,17,18);1-6H,11H2. The summed E-state index contributed by atoms with van der Waals surface area (Å²) >= 11 is 0. The van der Waals surface area contributed by atoms with Crippen molar-refractivity contribution in [2.75, 3.05) is 18.1 Å². The number of hydrogen-bond donors (Lipinski definition) is 3. The first kappa shape index (κ1) is 22.0. The van der Waals surface area contributed by atoms with Crippen LogP contribution in [-0.2, 0) is 0 Å². The molecule has 1 aliphatic rings. The molecule has 3 aromatic rings. The zero-order chi connectivity index (χ0) is 22.4. The van der Waals surface area contributed by atoms with Crippen LogP contribution in [0, 0.1) is 12.7 Å². The van der Waals surface area contributed by atoms with Gasteiger partial charge in [-0.3, -0.25) is 9.79 Å². The Hall–Kier alpha value is -3.68. The van der Waals surface area contributed by atoms with Crippen LogP contribution in [0.15, 0.2) is 59.7 Å². The van der Waals surface area contributed by atoms with Crippen molar-refractivity contribution in [2.45, 2.75) is 32.7 Å². The zero-order valence-corrected chi connectivity index (χ0v) is 17.9. The van der Waals surface area contributed by atoms with E-state index in [1.165, 1.54) is 16.9 Å². The maximum atomic E-state index is 13.2. The van der Waals surface area contributed by atoms with Crippen molar-refractivity contribution < 1.29 is 9.18 Å². The second-order valence-electron chi connectivity index (χ2n) is 7.33. The van der Waals surface area contributed by atoms with Gasteiger partial charge in [-0.15, -0.1) is 0 Å². The number of halogens is 1. The van der Waals surface area contributed by atoms with E-state index >= 15 is 0 Å². The predicted octanol–water partition coefficient (Wildman–Crippen LogP) is 3.94. The minimum absolute atomic E-state index is 0.00615. The molecule has 0 saturated heterocycles. The van der Waals surface area contributed by atoms with Crippen molar-refractivity contribution >= 4 is 23.2 Å². The van der Waals surface area contributed by atoms with E-state index in [0.717, 1.165) is 29.9 Å². The molecule has 1 heterocycles. The third-order valence-corrected chi connectivity index (χ3v) is 4.82. The van der Waals surface area contributed by atoms with Crippen molar-refractivity contribution in [2.24, 2.45) is 4.99 Å². The molecule has 0 bridgehead atoms. The van der Waals surface area contributed by atoms with Crippen LogP contribution in [0.1, 0.15) is 35.7 Å². The van der Waals surface area contributed by atoms with Crippen molar-refractivity contribution in [3.8, 4) is 5.69 Å². The van der Waals surface area contributed by atoms with E-state index in [2.05, 4.69) is 20.7 Å². The summed E-state index contributed by atoms with van der Waals surface area (Å²) in [6, 6.07) is 14.0. The molecule has 7 nitrogen and oxygen atoms in total. The van der Waals surface area contributed by atoms with Crippen LogP contribution in [0.4, 0.5) is 15.9 Å². The number of hydrogen-bond acceptors (Lipinski definition) is 4. The molecule has 4 rings (SSSR count). The van der Waals surface area contributed by atoms with Crippen LogP contribution >= 0.6 is 0 Å². The topological polar surface area (TPSA) is 97.3 Å². The first-order chi connectivity index (χ1) is 14.9. The lowest BCUT2D eigenvalue weighted by molar-refractivity contribution is 0.0951. The Kier molecular flexibility index (Phi) is 7.02. The molecule has 1 aliphatic carbocycles. The molecule has 4 N–H and O–H groups in total. The van der Waals surface area contributed by atoms with E-state index in [4.69, 9.17) is 5.73 Å². The fourth-order valence-corrected chi connectivity index (χ4v) is 2.78. The number of carbonyl (C=O) groups excluding carboxylic acids is 1. The number of para-hydroxylation sites is 1. The number of rotatable bonds is 4. The molecule has 0 atom stereocenters. The molecule has 1 amide bonds. The Bertz CT molecular complexity index is 1090. The summed E-state index contributed by atoms with van der Waals surface area (Å²) < 4.78 is 14.6. The zero-order valence-electron chi connectivity index (χ0n) is 17.9. The van der Waals surface area contributed by atoms with Gasteiger partial charge < -0.3 is 16.4 Å². The Balaban J connectivity index is 0.000000185. The molecule has 31 heavy (non-hydrogen) atoms. The number of nitrogens with zero attached hydrogens (tertiary/aromatic N) is 3. The number of nitrogens with two attached hydrogens (primary N) is 1. The van der Waals surface area contributed by atoms with Crippen LogP contribution in [0.2, 0.25) is 0 Å². The van der Waals surface area contributed by atoms with Gasteiger partial charge in [-0.1, -0.05) is 18.2 Å². The van der Waals surface area contributed by atoms with E-state index in [1.54, 1.807) is 31.3 Å². The largest absolute Gasteiger partial charge is 0.384 e. The number of carbonyl (C=O) groups is 1. The van der Waals surface area contributed by atoms with Gasteiger partial charge in [0.05, 0.1) is 12.0 Å². The van der Waals surface area contributed by atoms with Crippen molar-refractivity contribution in [1.29, 1.82) is 0 Å². The highest BCUT2D eigenvalue weighted by Gasteiger charge is 2.23. The van der Waals surface area contributed by atoms with Gasteiger partial charge in [-0.2, -0.15) is 5.10 Å². The van der Waals surface area contributed by atoms with Crippen LogP contribution in [0.5, 0.6) is 0 Å². The quantitative estimate of drug-likeness (QED) is 0.438. The molecule has 2 aromatic carbocycles. The first-order valence-corrected chi connectivity index (χ1v) is 10.1. The summed E-state index contributed by atoms with van der Waals surface area (Å²) in [4.78, 5) is 16.0. The number of amides is 1. The number of aryl methyl sites for hydroxylation is 1. The highest BCUT2D eigenvalue weighted by molar-refractivity contribution is 5.98. The second kappa shape index (κ2) is 9.88. The van der Waals surface area contributed by atoms with Gasteiger partial charge in [0.2, 0.25) is 0 Å². The van der Waals surface area contributed by atoms with Crippen LogP contribution < -0.4 is 16.4 Å². The van der Waals surface area contributed by atoms with Crippen LogP contribution in [0.3, 0.4) is 0 Å². The van der Waals surface area contributed by atoms with Gasteiger partial charge in [0, 0.05) is 30.4 Å². The lowest BCUT2D eigenvalue weighted by atomic mass is 10.1. The Morgan fingerprint density at radius 2 is 1.97 bits per heavy atom. The number of aliphatic imine (C=N–C) groups is 1. The average Bonchev–Trinajstić information content (AvgIpc) is 3.48. The normalized spacial score (nSPS) is 13.2. The monoisotopic (exact) mass is 422 g/mol. The van der Waals surface area contributed by atoms with Crippen LogP contribution in [-0.4, -0.2) is 34.6 Å². The maximum absolute atomic E-state index is 13.2. The van der Waals surface area contributed by atoms with Crippen LogP contribution in [0.25, 0.3) is 5.69 Å². The van der Waals surface area contributed by atoms with Crippen molar-refractivity contribution in [3.63, 3.8) is 0 Å². The lowest BCUT2D eigenvalue weighted by Gasteiger charge is -2.11. The fourth-order valence-electron chi connectivity index (χ4n) is 2.78. The summed E-state index contributed by atoms with van der Waals surface area (Å²) in [6.07, 6.45) is 3.73. The lowest BCUT2D eigenvalue weighted by Crippen LogP contribution is -2.25. The van der Waals surface area contributed by atoms with Gasteiger partial charge in [0.25, 0.3) is 5.91 Å². The third kappa shape index (κ3) is 5.91. The van der Waals surface area contributed by atoms with Crippen molar-refractivity contribution in [3.05, 3.63) is 71.7 Å². The fraction of sp³-hybridized carbons (Fsp3) is 0.261. The molecule has 1 saturated carbocycles. The summed E-state index contributed by atoms with van der Waals surface area (Å²) in [6.45, 7) is 3.91. The number of amidine groups is 1. The molecule has 1 fully saturated rings. The number of nitrogens with one attached hydrogen (secondary N) is 2. The van der Waals surface area contributed by atoms with Gasteiger partial charge in [-0.05, 0) is 56.5 Å². The van der Waals surface area contributed by atoms with Crippen molar-refractivity contribution in [1.82, 2.24) is 15.1 Å². The molecule has 0 unspecified atom stereocenters. The van der Waals surface area contributed by atoms with E-state index in [1.807, 2.05) is 32.0 Å². The number of anilines is 2. The Morgan fingerprint density at radius 1 is 1.23 bits per heavy atom. The predicted molar refractivity (Wildman–Crippen MR) is 122 cm³/mol. The van der Waals surface area contributed by atoms with E-state index in [0.29, 0.717) is 23.1 Å². The highest BCUT2D eigenvalue weighted by atomic mass is 19.1. The third-order valence-electron chi connectivity index (χ3n) is 4.82. The molecule has 0 radical (unpaired) electrons. The van der Waals surface area contributed by atoms with E-state index in [9.17, 15) is 9.18 Å². The molecule has 162 valence electrons. The summed E-state index contributed by atoms with van der Waals surface area (Å²) in [7, 11) is 1.74. The number of benzene rings is 2. The Morgan fingerprint density at radius 3 is 2.58 bits per heavy atom. The minimum Gasteiger partial charge on any atom is -0.384 e. The summed E-state index contributed by atoms with van der Waals surface area (Å²) in [5, 5.41) is 10.1. The second-order valence-corrected chi connectivity index (χ2v) is 7.33. The van der Waals surface area contributed by atoms with Gasteiger partial charge in [-0.25, -0.2) is 9.07 Å². The van der Waals surface area contributed by atoms with E-state index < -0.39 is 0 Å². The molecule has 0 aliphatic heterocycles. The first-order valence-electron chi connectivity index (χ1n) is 10.1.